The minimum absolute atomic E-state index is 0.441. The van der Waals surface area contributed by atoms with Gasteiger partial charge in [0.05, 0.1) is 5.60 Å². The Hall–Kier alpha value is 0.140. The van der Waals surface area contributed by atoms with Crippen molar-refractivity contribution in [3.63, 3.8) is 0 Å². The van der Waals surface area contributed by atoms with Crippen LogP contribution in [0.2, 0.25) is 0 Å². The molecule has 1 heterocycles. The first-order chi connectivity index (χ1) is 6.62. The van der Waals surface area contributed by atoms with Gasteiger partial charge in [0.2, 0.25) is 0 Å². The molecule has 1 nitrogen and oxygen atoms in total. The molecule has 1 fully saturated rings. The van der Waals surface area contributed by atoms with Gasteiger partial charge in [-0.15, -0.1) is 11.3 Å². The Morgan fingerprint density at radius 3 is 3.00 bits per heavy atom. The van der Waals surface area contributed by atoms with E-state index in [9.17, 15) is 5.11 Å². The van der Waals surface area contributed by atoms with Crippen LogP contribution >= 0.6 is 27.3 Å². The van der Waals surface area contributed by atoms with Crippen LogP contribution in [0.15, 0.2) is 15.9 Å². The van der Waals surface area contributed by atoms with Gasteiger partial charge in [-0.25, -0.2) is 0 Å². The molecule has 1 aliphatic carbocycles. The maximum absolute atomic E-state index is 10.4. The van der Waals surface area contributed by atoms with E-state index in [2.05, 4.69) is 34.3 Å². The molecular weight excluding hydrogens is 260 g/mol. The smallest absolute Gasteiger partial charge is 0.0721 e. The van der Waals surface area contributed by atoms with E-state index in [0.29, 0.717) is 5.92 Å². The lowest BCUT2D eigenvalue weighted by molar-refractivity contribution is 0.0102. The van der Waals surface area contributed by atoms with Crippen LogP contribution in [0, 0.1) is 5.92 Å². The Labute approximate surface area is 97.3 Å². The summed E-state index contributed by atoms with van der Waals surface area (Å²) < 4.78 is 1.15. The van der Waals surface area contributed by atoms with Crippen molar-refractivity contribution in [2.75, 3.05) is 0 Å². The van der Waals surface area contributed by atoms with Crippen molar-refractivity contribution < 1.29 is 5.11 Å². The molecule has 2 atom stereocenters. The fraction of sp³-hybridized carbons (Fsp3) is 0.636. The normalized spacial score (nSPS) is 32.4. The van der Waals surface area contributed by atoms with Crippen LogP contribution in [0.5, 0.6) is 0 Å². The average Bonchev–Trinajstić information content (AvgIpc) is 2.64. The molecular formula is C11H15BrOS. The molecule has 0 bridgehead atoms. The van der Waals surface area contributed by atoms with E-state index >= 15 is 0 Å². The largest absolute Gasteiger partial charge is 0.389 e. The zero-order valence-electron chi connectivity index (χ0n) is 8.29. The summed E-state index contributed by atoms with van der Waals surface area (Å²) in [4.78, 5) is 1.28. The average molecular weight is 275 g/mol. The minimum atomic E-state index is -0.451. The molecule has 0 radical (unpaired) electrons. The number of rotatable bonds is 2. The van der Waals surface area contributed by atoms with Crippen LogP contribution in [-0.2, 0) is 6.42 Å². The number of thiophene rings is 1. The molecule has 1 aliphatic rings. The van der Waals surface area contributed by atoms with Gasteiger partial charge < -0.3 is 5.11 Å². The molecule has 0 saturated heterocycles. The third-order valence-corrected chi connectivity index (χ3v) is 5.25. The molecule has 3 heteroatoms. The first kappa shape index (κ1) is 10.7. The van der Waals surface area contributed by atoms with Gasteiger partial charge in [0.1, 0.15) is 0 Å². The fourth-order valence-electron chi connectivity index (χ4n) is 2.22. The van der Waals surface area contributed by atoms with E-state index in [4.69, 9.17) is 0 Å². The summed E-state index contributed by atoms with van der Waals surface area (Å²) >= 11 is 5.25. The van der Waals surface area contributed by atoms with Crippen molar-refractivity contribution >= 4 is 27.3 Å². The summed E-state index contributed by atoms with van der Waals surface area (Å²) in [5.74, 6) is 0.441. The Morgan fingerprint density at radius 1 is 1.71 bits per heavy atom. The van der Waals surface area contributed by atoms with Crippen LogP contribution in [-0.4, -0.2) is 10.7 Å². The van der Waals surface area contributed by atoms with Crippen LogP contribution in [0.3, 0.4) is 0 Å². The highest BCUT2D eigenvalue weighted by atomic mass is 79.9. The Kier molecular flexibility index (Phi) is 3.01. The van der Waals surface area contributed by atoms with Gasteiger partial charge in [0.15, 0.2) is 0 Å². The van der Waals surface area contributed by atoms with Gasteiger partial charge in [-0.1, -0.05) is 13.3 Å². The summed E-state index contributed by atoms with van der Waals surface area (Å²) in [5, 5.41) is 12.5. The van der Waals surface area contributed by atoms with E-state index in [1.165, 1.54) is 17.7 Å². The van der Waals surface area contributed by atoms with Gasteiger partial charge in [0.25, 0.3) is 0 Å². The Bertz CT molecular complexity index is 323. The van der Waals surface area contributed by atoms with Gasteiger partial charge >= 0.3 is 0 Å². The SMILES string of the molecule is CC1CCCC1(O)Cc1sccc1Br. The molecule has 1 saturated carbocycles. The maximum atomic E-state index is 10.4. The predicted octanol–water partition coefficient (Wildman–Crippen LogP) is 3.60. The topological polar surface area (TPSA) is 20.2 Å². The molecule has 78 valence electrons. The quantitative estimate of drug-likeness (QED) is 0.874. The summed E-state index contributed by atoms with van der Waals surface area (Å²) in [6.45, 7) is 2.16. The number of aliphatic hydroxyl groups is 1. The van der Waals surface area contributed by atoms with Crippen LogP contribution in [0.25, 0.3) is 0 Å². The first-order valence-corrected chi connectivity index (χ1v) is 6.73. The van der Waals surface area contributed by atoms with Gasteiger partial charge in [-0.2, -0.15) is 0 Å². The Balaban J connectivity index is 2.14. The molecule has 0 aliphatic heterocycles. The van der Waals surface area contributed by atoms with Crippen molar-refractivity contribution in [3.8, 4) is 0 Å². The van der Waals surface area contributed by atoms with Crippen LogP contribution in [0.4, 0.5) is 0 Å². The fourth-order valence-corrected chi connectivity index (χ4v) is 3.83. The number of hydrogen-bond donors (Lipinski definition) is 1. The number of hydrogen-bond acceptors (Lipinski definition) is 2. The van der Waals surface area contributed by atoms with E-state index in [1.807, 2.05) is 0 Å². The van der Waals surface area contributed by atoms with Gasteiger partial charge in [-0.05, 0) is 46.1 Å². The summed E-state index contributed by atoms with van der Waals surface area (Å²) in [6, 6.07) is 2.06. The van der Waals surface area contributed by atoms with Gasteiger partial charge in [0, 0.05) is 15.8 Å². The summed E-state index contributed by atoms with van der Waals surface area (Å²) in [7, 11) is 0. The standard InChI is InChI=1S/C11H15BrOS/c1-8-3-2-5-11(8,13)7-10-9(12)4-6-14-10/h4,6,8,13H,2-3,5,7H2,1H3. The zero-order valence-corrected chi connectivity index (χ0v) is 10.7. The maximum Gasteiger partial charge on any atom is 0.0721 e. The first-order valence-electron chi connectivity index (χ1n) is 5.06. The van der Waals surface area contributed by atoms with Crippen molar-refractivity contribution in [1.29, 1.82) is 0 Å². The molecule has 1 aromatic heterocycles. The molecule has 14 heavy (non-hydrogen) atoms. The molecule has 2 unspecified atom stereocenters. The third kappa shape index (κ3) is 1.90. The van der Waals surface area contributed by atoms with Crippen molar-refractivity contribution in [2.24, 2.45) is 5.92 Å². The summed E-state index contributed by atoms with van der Waals surface area (Å²) in [6.07, 6.45) is 4.10. The minimum Gasteiger partial charge on any atom is -0.389 e. The van der Waals surface area contributed by atoms with E-state index in [0.717, 1.165) is 17.3 Å². The zero-order chi connectivity index (χ0) is 10.2. The van der Waals surface area contributed by atoms with E-state index in [-0.39, 0.29) is 0 Å². The predicted molar refractivity (Wildman–Crippen MR) is 63.7 cm³/mol. The molecule has 1 aromatic rings. The second kappa shape index (κ2) is 3.95. The highest BCUT2D eigenvalue weighted by Gasteiger charge is 2.38. The van der Waals surface area contributed by atoms with Crippen molar-refractivity contribution in [2.45, 2.75) is 38.2 Å². The summed E-state index contributed by atoms with van der Waals surface area (Å²) in [5.41, 5.74) is -0.451. The van der Waals surface area contributed by atoms with Crippen LogP contribution < -0.4 is 0 Å². The monoisotopic (exact) mass is 274 g/mol. The van der Waals surface area contributed by atoms with Gasteiger partial charge in [-0.3, -0.25) is 0 Å². The lowest BCUT2D eigenvalue weighted by atomic mass is 9.88. The van der Waals surface area contributed by atoms with Crippen molar-refractivity contribution in [1.82, 2.24) is 0 Å². The third-order valence-electron chi connectivity index (χ3n) is 3.32. The molecule has 1 N–H and O–H groups in total. The molecule has 0 aromatic carbocycles. The number of halogens is 1. The van der Waals surface area contributed by atoms with Crippen molar-refractivity contribution in [3.05, 3.63) is 20.8 Å². The molecule has 0 spiro atoms. The second-order valence-corrected chi connectivity index (χ2v) is 6.12. The Morgan fingerprint density at radius 2 is 2.50 bits per heavy atom. The van der Waals surface area contributed by atoms with E-state index < -0.39 is 5.60 Å². The lowest BCUT2D eigenvalue weighted by Gasteiger charge is -2.27. The molecule has 0 amide bonds. The lowest BCUT2D eigenvalue weighted by Crippen LogP contribution is -2.33. The van der Waals surface area contributed by atoms with E-state index in [1.54, 1.807) is 11.3 Å². The second-order valence-electron chi connectivity index (χ2n) is 4.27. The van der Waals surface area contributed by atoms with Crippen LogP contribution in [0.1, 0.15) is 31.1 Å². The molecule has 2 rings (SSSR count). The highest BCUT2D eigenvalue weighted by Crippen LogP contribution is 2.40. The highest BCUT2D eigenvalue weighted by molar-refractivity contribution is 9.10.